The van der Waals surface area contributed by atoms with Crippen LogP contribution < -0.4 is 5.32 Å². The Kier molecular flexibility index (Phi) is 1.99. The molecular weight excluding hydrogens is 182 g/mol. The molecule has 70 valence electrons. The number of rotatable bonds is 1. The summed E-state index contributed by atoms with van der Waals surface area (Å²) < 4.78 is 0. The molecular formula is C11H14ClN. The van der Waals surface area contributed by atoms with Crippen LogP contribution in [0.2, 0.25) is 5.02 Å². The van der Waals surface area contributed by atoms with Crippen LogP contribution in [0.3, 0.4) is 0 Å². The van der Waals surface area contributed by atoms with Gasteiger partial charge in [-0.25, -0.2) is 0 Å². The second-order valence-corrected chi connectivity index (χ2v) is 4.34. The lowest BCUT2D eigenvalue weighted by molar-refractivity contribution is 0.504. The van der Waals surface area contributed by atoms with E-state index >= 15 is 0 Å². The molecule has 1 nitrogen and oxygen atoms in total. The molecule has 1 aromatic rings. The smallest absolute Gasteiger partial charge is 0.0640 e. The molecule has 2 heteroatoms. The summed E-state index contributed by atoms with van der Waals surface area (Å²) in [6.45, 7) is 5.50. The van der Waals surface area contributed by atoms with Crippen molar-refractivity contribution in [2.75, 3.05) is 11.9 Å². The maximum atomic E-state index is 6.09. The molecule has 0 bridgehead atoms. The molecule has 13 heavy (non-hydrogen) atoms. The highest BCUT2D eigenvalue weighted by Crippen LogP contribution is 2.42. The zero-order valence-corrected chi connectivity index (χ0v) is 8.78. The molecule has 0 aromatic heterocycles. The Morgan fingerprint density at radius 3 is 3.00 bits per heavy atom. The molecule has 2 rings (SSSR count). The minimum absolute atomic E-state index is 0.264. The number of para-hydroxylation sites is 1. The first-order valence-electron chi connectivity index (χ1n) is 4.70. The summed E-state index contributed by atoms with van der Waals surface area (Å²) in [5, 5.41) is 4.22. The molecule has 1 aromatic carbocycles. The fourth-order valence-corrected chi connectivity index (χ4v) is 2.14. The van der Waals surface area contributed by atoms with Gasteiger partial charge >= 0.3 is 0 Å². The van der Waals surface area contributed by atoms with Crippen molar-refractivity contribution in [3.05, 3.63) is 28.8 Å². The van der Waals surface area contributed by atoms with Crippen molar-refractivity contribution in [2.45, 2.75) is 25.7 Å². The van der Waals surface area contributed by atoms with Gasteiger partial charge in [-0.05, 0) is 18.1 Å². The Balaban J connectivity index is 2.55. The minimum atomic E-state index is 0.264. The molecule has 1 aliphatic heterocycles. The van der Waals surface area contributed by atoms with E-state index in [4.69, 9.17) is 11.6 Å². The van der Waals surface area contributed by atoms with Gasteiger partial charge in [0.25, 0.3) is 0 Å². The van der Waals surface area contributed by atoms with E-state index in [0.717, 1.165) is 23.7 Å². The number of hydrogen-bond donors (Lipinski definition) is 1. The Morgan fingerprint density at radius 1 is 1.54 bits per heavy atom. The Labute approximate surface area is 84.1 Å². The van der Waals surface area contributed by atoms with Gasteiger partial charge in [0.15, 0.2) is 0 Å². The van der Waals surface area contributed by atoms with E-state index in [1.54, 1.807) is 0 Å². The third kappa shape index (κ3) is 1.22. The second-order valence-electron chi connectivity index (χ2n) is 3.93. The maximum absolute atomic E-state index is 6.09. The van der Waals surface area contributed by atoms with Gasteiger partial charge in [-0.3, -0.25) is 0 Å². The van der Waals surface area contributed by atoms with Crippen LogP contribution in [0, 0.1) is 0 Å². The molecule has 1 unspecified atom stereocenters. The van der Waals surface area contributed by atoms with Crippen LogP contribution in [-0.4, -0.2) is 6.54 Å². The fraction of sp³-hybridized carbons (Fsp3) is 0.455. The van der Waals surface area contributed by atoms with E-state index < -0.39 is 0 Å². The summed E-state index contributed by atoms with van der Waals surface area (Å²) in [6, 6.07) is 6.14. The number of anilines is 1. The van der Waals surface area contributed by atoms with Gasteiger partial charge in [0.05, 0.1) is 10.7 Å². The van der Waals surface area contributed by atoms with Crippen LogP contribution in [0.1, 0.15) is 25.8 Å². The molecule has 0 radical (unpaired) electrons. The van der Waals surface area contributed by atoms with Gasteiger partial charge in [-0.15, -0.1) is 0 Å². The third-order valence-electron chi connectivity index (χ3n) is 3.10. The highest BCUT2D eigenvalue weighted by molar-refractivity contribution is 6.33. The first-order chi connectivity index (χ1) is 6.17. The van der Waals surface area contributed by atoms with Gasteiger partial charge < -0.3 is 5.32 Å². The second kappa shape index (κ2) is 2.91. The van der Waals surface area contributed by atoms with Crippen LogP contribution in [-0.2, 0) is 5.41 Å². The molecule has 0 saturated carbocycles. The number of halogens is 1. The Hall–Kier alpha value is -0.690. The van der Waals surface area contributed by atoms with E-state index in [1.807, 2.05) is 12.1 Å². The summed E-state index contributed by atoms with van der Waals surface area (Å²) in [4.78, 5) is 0. The lowest BCUT2D eigenvalue weighted by Gasteiger charge is -2.21. The van der Waals surface area contributed by atoms with Crippen molar-refractivity contribution < 1.29 is 0 Å². The SMILES string of the molecule is CCC1(C)CNc2c(Cl)cccc21. The lowest BCUT2D eigenvalue weighted by Crippen LogP contribution is -2.22. The summed E-state index contributed by atoms with van der Waals surface area (Å²) in [5.41, 5.74) is 2.76. The van der Waals surface area contributed by atoms with Crippen LogP contribution in [0.5, 0.6) is 0 Å². The van der Waals surface area contributed by atoms with Crippen LogP contribution in [0.15, 0.2) is 18.2 Å². The van der Waals surface area contributed by atoms with Gasteiger partial charge in [0.2, 0.25) is 0 Å². The number of benzene rings is 1. The van der Waals surface area contributed by atoms with Crippen LogP contribution in [0.4, 0.5) is 5.69 Å². The topological polar surface area (TPSA) is 12.0 Å². The number of nitrogens with one attached hydrogen (secondary N) is 1. The van der Waals surface area contributed by atoms with Crippen molar-refractivity contribution in [3.63, 3.8) is 0 Å². The Bertz CT molecular complexity index is 335. The Morgan fingerprint density at radius 2 is 2.31 bits per heavy atom. The van der Waals surface area contributed by atoms with Crippen molar-refractivity contribution in [2.24, 2.45) is 0 Å². The summed E-state index contributed by atoms with van der Waals surface area (Å²) in [5.74, 6) is 0. The molecule has 1 heterocycles. The van der Waals surface area contributed by atoms with Crippen LogP contribution in [0.25, 0.3) is 0 Å². The molecule has 0 aliphatic carbocycles. The molecule has 0 saturated heterocycles. The quantitative estimate of drug-likeness (QED) is 0.724. The van der Waals surface area contributed by atoms with Gasteiger partial charge in [0, 0.05) is 12.0 Å². The van der Waals surface area contributed by atoms with E-state index in [9.17, 15) is 0 Å². The summed E-state index contributed by atoms with van der Waals surface area (Å²) in [6.07, 6.45) is 1.15. The molecule has 0 spiro atoms. The average Bonchev–Trinajstić information content (AvgIpc) is 2.47. The van der Waals surface area contributed by atoms with Gasteiger partial charge in [0.1, 0.15) is 0 Å². The van der Waals surface area contributed by atoms with Gasteiger partial charge in [-0.1, -0.05) is 37.6 Å². The number of fused-ring (bicyclic) bond motifs is 1. The van der Waals surface area contributed by atoms with Crippen molar-refractivity contribution in [3.8, 4) is 0 Å². The predicted molar refractivity (Wildman–Crippen MR) is 57.6 cm³/mol. The summed E-state index contributed by atoms with van der Waals surface area (Å²) >= 11 is 6.09. The predicted octanol–water partition coefficient (Wildman–Crippen LogP) is 3.43. The first kappa shape index (κ1) is 8.89. The fourth-order valence-electron chi connectivity index (χ4n) is 1.90. The lowest BCUT2D eigenvalue weighted by atomic mass is 9.82. The zero-order valence-electron chi connectivity index (χ0n) is 8.02. The van der Waals surface area contributed by atoms with E-state index in [2.05, 4.69) is 25.2 Å². The highest BCUT2D eigenvalue weighted by Gasteiger charge is 2.33. The zero-order chi connectivity index (χ0) is 9.47. The van der Waals surface area contributed by atoms with Crippen molar-refractivity contribution >= 4 is 17.3 Å². The minimum Gasteiger partial charge on any atom is -0.383 e. The van der Waals surface area contributed by atoms with Crippen LogP contribution >= 0.6 is 11.6 Å². The molecule has 0 fully saturated rings. The molecule has 1 N–H and O–H groups in total. The normalized spacial score (nSPS) is 25.5. The molecule has 0 amide bonds. The molecule has 1 aliphatic rings. The standard InChI is InChI=1S/C11H14ClN/c1-3-11(2)7-13-10-8(11)5-4-6-9(10)12/h4-6,13H,3,7H2,1-2H3. The third-order valence-corrected chi connectivity index (χ3v) is 3.41. The molecule has 1 atom stereocenters. The van der Waals surface area contributed by atoms with E-state index in [0.29, 0.717) is 0 Å². The number of hydrogen-bond acceptors (Lipinski definition) is 1. The van der Waals surface area contributed by atoms with E-state index in [-0.39, 0.29) is 5.41 Å². The van der Waals surface area contributed by atoms with Crippen molar-refractivity contribution in [1.82, 2.24) is 0 Å². The van der Waals surface area contributed by atoms with E-state index in [1.165, 1.54) is 5.56 Å². The largest absolute Gasteiger partial charge is 0.383 e. The maximum Gasteiger partial charge on any atom is 0.0640 e. The average molecular weight is 196 g/mol. The van der Waals surface area contributed by atoms with Gasteiger partial charge in [-0.2, -0.15) is 0 Å². The first-order valence-corrected chi connectivity index (χ1v) is 5.08. The van der Waals surface area contributed by atoms with Crippen molar-refractivity contribution in [1.29, 1.82) is 0 Å². The monoisotopic (exact) mass is 195 g/mol. The summed E-state index contributed by atoms with van der Waals surface area (Å²) in [7, 11) is 0. The highest BCUT2D eigenvalue weighted by atomic mass is 35.5.